The average Bonchev–Trinajstić information content (AvgIpc) is 3.36. The maximum absolute atomic E-state index is 15.2. The van der Waals surface area contributed by atoms with Gasteiger partial charge in [-0.3, -0.25) is 4.79 Å². The largest absolute Gasteiger partial charge is 0.432 e. The zero-order chi connectivity index (χ0) is 54.6. The minimum absolute atomic E-state index is 0.123. The number of hydrogen-bond donors (Lipinski definition) is 13. The summed E-state index contributed by atoms with van der Waals surface area (Å²) < 4.78 is 47.8. The minimum atomic E-state index is -1.87. The number of hydrogen-bond acceptors (Lipinski definition) is 22. The Morgan fingerprint density at radius 1 is 0.560 bits per heavy atom. The van der Waals surface area contributed by atoms with Gasteiger partial charge in [0.15, 0.2) is 25.0 Å². The summed E-state index contributed by atoms with van der Waals surface area (Å²) in [6.07, 6.45) is -23.4. The predicted octanol–water partition coefficient (Wildman–Crippen LogP) is -1.25. The second kappa shape index (κ2) is 21.4. The molecule has 4 heterocycles. The van der Waals surface area contributed by atoms with Crippen LogP contribution in [0.1, 0.15) is 119 Å². The second-order valence-electron chi connectivity index (χ2n) is 25.6. The van der Waals surface area contributed by atoms with Gasteiger partial charge in [0.2, 0.25) is 6.29 Å². The van der Waals surface area contributed by atoms with Gasteiger partial charge in [-0.25, -0.2) is 0 Å². The first-order valence-electron chi connectivity index (χ1n) is 27.3. The molecule has 0 radical (unpaired) electrons. The van der Waals surface area contributed by atoms with Crippen LogP contribution in [-0.4, -0.2) is 221 Å². The lowest BCUT2D eigenvalue weighted by atomic mass is 9.38. The standard InChI is InChI=1S/C53H86O22/c1-22-32(56)36(60)40(64)44(69-22)68-21-28-35(59)38(62)41(65)45(72-28)73-31-12-14-52(7)29(50(31,4)5)11-13-51(6)24-10-15-53(17-16-49(2,3)18-25(53)23(24)8-9-30(51)52)48(67)75-47-43(39(63)34(58)27(20-55)71-47)74-46-42(66)37(61)33(57)26(19-54)70-46/h22,25-47,54-66H,8-21H2,1-7H3/t22-,25+,26-,27-,28-,29+,30+,31+,32-,33-,34-,35-,36+,37+,38+,39+,40-,41-,42-,43-,44-,45+,46+,47+,51+,52+,53-/m1/s1. The summed E-state index contributed by atoms with van der Waals surface area (Å²) in [6.45, 7) is 13.2. The summed E-state index contributed by atoms with van der Waals surface area (Å²) in [4.78, 5) is 15.2. The fraction of sp³-hybridized carbons (Fsp3) is 0.943. The van der Waals surface area contributed by atoms with Crippen molar-refractivity contribution >= 4 is 5.97 Å². The maximum Gasteiger partial charge on any atom is 0.315 e. The molecule has 27 atom stereocenters. The van der Waals surface area contributed by atoms with E-state index < -0.39 is 166 Å². The number of carbonyl (C=O) groups is 1. The third-order valence-electron chi connectivity index (χ3n) is 20.5. The van der Waals surface area contributed by atoms with Crippen LogP contribution in [0.5, 0.6) is 0 Å². The molecule has 430 valence electrons. The van der Waals surface area contributed by atoms with Crippen LogP contribution in [0.4, 0.5) is 0 Å². The van der Waals surface area contributed by atoms with Crippen molar-refractivity contribution in [3.63, 3.8) is 0 Å². The normalized spacial score (nSPS) is 52.7. The van der Waals surface area contributed by atoms with E-state index in [1.165, 1.54) is 18.1 Å². The topological polar surface area (TPSA) is 354 Å². The van der Waals surface area contributed by atoms with E-state index in [4.69, 9.17) is 37.9 Å². The van der Waals surface area contributed by atoms with Gasteiger partial charge in [0.1, 0.15) is 85.5 Å². The zero-order valence-corrected chi connectivity index (χ0v) is 44.2. The van der Waals surface area contributed by atoms with E-state index in [-0.39, 0.29) is 34.0 Å². The highest BCUT2D eigenvalue weighted by Crippen LogP contribution is 2.72. The Kier molecular flexibility index (Phi) is 16.6. The molecule has 22 nitrogen and oxygen atoms in total. The summed E-state index contributed by atoms with van der Waals surface area (Å²) in [5.41, 5.74) is 0.745. The van der Waals surface area contributed by atoms with Gasteiger partial charge in [0.25, 0.3) is 0 Å². The molecular formula is C53H86O22. The summed E-state index contributed by atoms with van der Waals surface area (Å²) in [5.74, 6) is -0.338. The summed E-state index contributed by atoms with van der Waals surface area (Å²) in [7, 11) is 0. The van der Waals surface area contributed by atoms with Crippen LogP contribution in [0.15, 0.2) is 11.1 Å². The summed E-state index contributed by atoms with van der Waals surface area (Å²) in [5, 5.41) is 138. The summed E-state index contributed by atoms with van der Waals surface area (Å²) in [6, 6.07) is 0. The quantitative estimate of drug-likeness (QED) is 0.0653. The van der Waals surface area contributed by atoms with E-state index in [0.717, 1.165) is 38.5 Å². The van der Waals surface area contributed by atoms with Crippen molar-refractivity contribution in [2.45, 2.75) is 248 Å². The SMILES string of the molecule is C[C@H]1O[C@@H](OC[C@H]2O[C@@H](O[C@H]3CC[C@]4(C)[C@H]5CCC6=C(CC[C@@]7(C(=O)O[C@@H]8O[C@H](CO)[C@@H](O)[C@H](O)[C@H]8O[C@@H]8O[C@H](CO)[C@@H](O)[C@H](O)[C@H]8O)CCC(C)(C)C[C@@H]67)[C@]5(C)CC[C@H]4C3(C)C)[C@H](O)[C@@H](O)[C@@H]2O)[C@H](O)[C@@H](O)[C@@H]1O. The molecule has 9 aliphatic rings. The van der Waals surface area contributed by atoms with Crippen molar-refractivity contribution < 1.29 is 109 Å². The molecule has 7 fully saturated rings. The maximum atomic E-state index is 15.2. The molecule has 4 aliphatic heterocycles. The number of carbonyl (C=O) groups excluding carboxylic acids is 1. The fourth-order valence-corrected chi connectivity index (χ4v) is 16.0. The van der Waals surface area contributed by atoms with Crippen LogP contribution in [0.3, 0.4) is 0 Å². The molecule has 4 saturated heterocycles. The number of fused-ring (bicyclic) bond motifs is 6. The Balaban J connectivity index is 0.920. The average molecular weight is 1080 g/mol. The van der Waals surface area contributed by atoms with E-state index in [2.05, 4.69) is 41.5 Å². The molecule has 0 bridgehead atoms. The van der Waals surface area contributed by atoms with Gasteiger partial charge in [-0.1, -0.05) is 52.7 Å². The zero-order valence-electron chi connectivity index (χ0n) is 44.2. The number of rotatable bonds is 11. The smallest absolute Gasteiger partial charge is 0.315 e. The van der Waals surface area contributed by atoms with Crippen molar-refractivity contribution in [3.05, 3.63) is 11.1 Å². The molecular weight excluding hydrogens is 989 g/mol. The van der Waals surface area contributed by atoms with Crippen LogP contribution >= 0.6 is 0 Å². The molecule has 5 aliphatic carbocycles. The first-order valence-corrected chi connectivity index (χ1v) is 27.3. The van der Waals surface area contributed by atoms with Crippen LogP contribution in [0, 0.1) is 44.8 Å². The van der Waals surface area contributed by atoms with Crippen LogP contribution in [0.25, 0.3) is 0 Å². The van der Waals surface area contributed by atoms with Gasteiger partial charge in [-0.15, -0.1) is 0 Å². The van der Waals surface area contributed by atoms with Crippen molar-refractivity contribution in [1.82, 2.24) is 0 Å². The third kappa shape index (κ3) is 9.90. The fourth-order valence-electron chi connectivity index (χ4n) is 16.0. The highest BCUT2D eigenvalue weighted by molar-refractivity contribution is 5.79. The molecule has 22 heteroatoms. The van der Waals surface area contributed by atoms with Crippen LogP contribution < -0.4 is 0 Å². The Bertz CT molecular complexity index is 2060. The number of aliphatic hydroxyl groups is 13. The van der Waals surface area contributed by atoms with E-state index >= 15 is 4.79 Å². The van der Waals surface area contributed by atoms with Gasteiger partial charge in [0.05, 0.1) is 37.4 Å². The number of ether oxygens (including phenoxy) is 8. The first-order chi connectivity index (χ1) is 35.1. The van der Waals surface area contributed by atoms with Gasteiger partial charge in [-0.2, -0.15) is 0 Å². The molecule has 3 saturated carbocycles. The predicted molar refractivity (Wildman–Crippen MR) is 257 cm³/mol. The number of allylic oxidation sites excluding steroid dienone is 2. The second-order valence-corrected chi connectivity index (χ2v) is 25.6. The van der Waals surface area contributed by atoms with E-state index in [0.29, 0.717) is 32.1 Å². The molecule has 75 heavy (non-hydrogen) atoms. The lowest BCUT2D eigenvalue weighted by Crippen LogP contribution is -2.65. The lowest BCUT2D eigenvalue weighted by Gasteiger charge is -2.67. The molecule has 0 unspecified atom stereocenters. The highest BCUT2D eigenvalue weighted by atomic mass is 16.8. The van der Waals surface area contributed by atoms with E-state index in [9.17, 15) is 66.4 Å². The molecule has 0 spiro atoms. The van der Waals surface area contributed by atoms with Gasteiger partial charge < -0.3 is 104 Å². The Morgan fingerprint density at radius 2 is 1.13 bits per heavy atom. The van der Waals surface area contributed by atoms with Crippen LogP contribution in [0.2, 0.25) is 0 Å². The number of aliphatic hydroxyl groups excluding tert-OH is 13. The van der Waals surface area contributed by atoms with E-state index in [1.54, 1.807) is 0 Å². The molecule has 0 amide bonds. The molecule has 0 aromatic heterocycles. The van der Waals surface area contributed by atoms with E-state index in [1.807, 2.05) is 0 Å². The minimum Gasteiger partial charge on any atom is -0.432 e. The van der Waals surface area contributed by atoms with Crippen molar-refractivity contribution in [3.8, 4) is 0 Å². The highest BCUT2D eigenvalue weighted by Gasteiger charge is 2.66. The van der Waals surface area contributed by atoms with Crippen molar-refractivity contribution in [2.75, 3.05) is 19.8 Å². The van der Waals surface area contributed by atoms with Crippen molar-refractivity contribution in [2.24, 2.45) is 44.8 Å². The molecule has 0 aromatic rings. The van der Waals surface area contributed by atoms with Crippen LogP contribution in [-0.2, 0) is 42.7 Å². The monoisotopic (exact) mass is 1070 g/mol. The Hall–Kier alpha value is -1.59. The van der Waals surface area contributed by atoms with Crippen molar-refractivity contribution in [1.29, 1.82) is 0 Å². The first kappa shape index (κ1) is 58.1. The summed E-state index contributed by atoms with van der Waals surface area (Å²) >= 11 is 0. The third-order valence-corrected chi connectivity index (χ3v) is 20.5. The van der Waals surface area contributed by atoms with Gasteiger partial charge in [0, 0.05) is 0 Å². The lowest BCUT2D eigenvalue weighted by molar-refractivity contribution is -0.363. The Morgan fingerprint density at radius 3 is 1.79 bits per heavy atom. The molecule has 9 rings (SSSR count). The van der Waals surface area contributed by atoms with Gasteiger partial charge in [-0.05, 0) is 117 Å². The Labute approximate surface area is 437 Å². The molecule has 0 aromatic carbocycles. The van der Waals surface area contributed by atoms with Gasteiger partial charge >= 0.3 is 5.97 Å². The molecule has 13 N–H and O–H groups in total. The number of esters is 1.